The van der Waals surface area contributed by atoms with Crippen LogP contribution in [0.2, 0.25) is 0 Å². The smallest absolute Gasteiger partial charge is 0.0366 e. The van der Waals surface area contributed by atoms with Crippen LogP contribution < -0.4 is 5.43 Å². The van der Waals surface area contributed by atoms with Gasteiger partial charge in [-0.25, -0.2) is 0 Å². The van der Waals surface area contributed by atoms with Gasteiger partial charge in [0.15, 0.2) is 0 Å². The van der Waals surface area contributed by atoms with Gasteiger partial charge >= 0.3 is 0 Å². The molecule has 0 fully saturated rings. The Morgan fingerprint density at radius 1 is 0.938 bits per heavy atom. The van der Waals surface area contributed by atoms with Crippen molar-refractivity contribution in [1.29, 1.82) is 0 Å². The quantitative estimate of drug-likeness (QED) is 0.828. The van der Waals surface area contributed by atoms with Gasteiger partial charge in [0.25, 0.3) is 0 Å². The van der Waals surface area contributed by atoms with E-state index in [4.69, 9.17) is 0 Å². The van der Waals surface area contributed by atoms with E-state index < -0.39 is 0 Å². The summed E-state index contributed by atoms with van der Waals surface area (Å²) in [6, 6.07) is 14.8. The maximum atomic E-state index is 3.43. The highest BCUT2D eigenvalue weighted by Gasteiger charge is 1.99. The van der Waals surface area contributed by atoms with Crippen molar-refractivity contribution in [3.05, 3.63) is 59.4 Å². The SMILES string of the molecule is Cc1ccc(C)n1NCCc1ccccc1. The first-order valence-corrected chi connectivity index (χ1v) is 5.70. The molecule has 0 atom stereocenters. The first kappa shape index (κ1) is 10.8. The summed E-state index contributed by atoms with van der Waals surface area (Å²) in [6.45, 7) is 5.19. The molecule has 2 aromatic rings. The number of aromatic nitrogens is 1. The van der Waals surface area contributed by atoms with Gasteiger partial charge < -0.3 is 5.43 Å². The topological polar surface area (TPSA) is 17.0 Å². The van der Waals surface area contributed by atoms with E-state index in [1.165, 1.54) is 17.0 Å². The standard InChI is InChI=1S/C14H18N2/c1-12-8-9-13(2)16(12)15-11-10-14-6-4-3-5-7-14/h3-9,15H,10-11H2,1-2H3. The lowest BCUT2D eigenvalue weighted by Gasteiger charge is -2.12. The van der Waals surface area contributed by atoms with Crippen molar-refractivity contribution < 1.29 is 0 Å². The molecule has 0 saturated heterocycles. The van der Waals surface area contributed by atoms with E-state index >= 15 is 0 Å². The average molecular weight is 214 g/mol. The third kappa shape index (κ3) is 2.45. The number of nitrogens with zero attached hydrogens (tertiary/aromatic N) is 1. The van der Waals surface area contributed by atoms with Crippen LogP contribution in [0.15, 0.2) is 42.5 Å². The molecule has 0 amide bonds. The van der Waals surface area contributed by atoms with E-state index in [0.717, 1.165) is 13.0 Å². The molecule has 0 saturated carbocycles. The van der Waals surface area contributed by atoms with Crippen molar-refractivity contribution in [1.82, 2.24) is 4.68 Å². The van der Waals surface area contributed by atoms with Crippen molar-refractivity contribution in [3.63, 3.8) is 0 Å². The van der Waals surface area contributed by atoms with Crippen LogP contribution in [-0.4, -0.2) is 11.2 Å². The van der Waals surface area contributed by atoms with Crippen LogP contribution in [-0.2, 0) is 6.42 Å². The van der Waals surface area contributed by atoms with E-state index in [0.29, 0.717) is 0 Å². The molecule has 84 valence electrons. The molecule has 0 radical (unpaired) electrons. The minimum Gasteiger partial charge on any atom is -0.326 e. The summed E-state index contributed by atoms with van der Waals surface area (Å²) in [5.41, 5.74) is 7.31. The molecule has 16 heavy (non-hydrogen) atoms. The summed E-state index contributed by atoms with van der Waals surface area (Å²) >= 11 is 0. The highest BCUT2D eigenvalue weighted by atomic mass is 15.4. The molecular weight excluding hydrogens is 196 g/mol. The Balaban J connectivity index is 1.89. The molecule has 1 aromatic carbocycles. The number of hydrogen-bond donors (Lipinski definition) is 1. The van der Waals surface area contributed by atoms with Crippen molar-refractivity contribution in [2.24, 2.45) is 0 Å². The van der Waals surface area contributed by atoms with Crippen LogP contribution >= 0.6 is 0 Å². The van der Waals surface area contributed by atoms with E-state index in [1.54, 1.807) is 0 Å². The second-order valence-electron chi connectivity index (χ2n) is 4.10. The normalized spacial score (nSPS) is 10.4. The minimum atomic E-state index is 0.959. The summed E-state index contributed by atoms with van der Waals surface area (Å²) in [6.07, 6.45) is 1.05. The van der Waals surface area contributed by atoms with Crippen LogP contribution in [0.3, 0.4) is 0 Å². The van der Waals surface area contributed by atoms with Crippen LogP contribution in [0.4, 0.5) is 0 Å². The third-order valence-corrected chi connectivity index (χ3v) is 2.80. The molecular formula is C14H18N2. The fourth-order valence-corrected chi connectivity index (χ4v) is 1.87. The molecule has 1 N–H and O–H groups in total. The average Bonchev–Trinajstić information content (AvgIpc) is 2.62. The van der Waals surface area contributed by atoms with Gasteiger partial charge in [-0.3, -0.25) is 4.68 Å². The molecule has 0 spiro atoms. The molecule has 0 aliphatic carbocycles. The molecule has 2 heteroatoms. The van der Waals surface area contributed by atoms with E-state index in [2.05, 4.69) is 66.4 Å². The molecule has 0 aliphatic heterocycles. The zero-order chi connectivity index (χ0) is 11.4. The first-order valence-electron chi connectivity index (χ1n) is 5.70. The Labute approximate surface area is 96.9 Å². The highest BCUT2D eigenvalue weighted by Crippen LogP contribution is 2.04. The molecule has 1 aromatic heterocycles. The van der Waals surface area contributed by atoms with Gasteiger partial charge in [-0.05, 0) is 38.0 Å². The van der Waals surface area contributed by atoms with Crippen LogP contribution in [0.5, 0.6) is 0 Å². The second kappa shape index (κ2) is 4.88. The van der Waals surface area contributed by atoms with E-state index in [-0.39, 0.29) is 0 Å². The Morgan fingerprint density at radius 2 is 1.56 bits per heavy atom. The second-order valence-corrected chi connectivity index (χ2v) is 4.10. The lowest BCUT2D eigenvalue weighted by atomic mass is 10.2. The lowest BCUT2D eigenvalue weighted by molar-refractivity contribution is 0.781. The monoisotopic (exact) mass is 214 g/mol. The number of aryl methyl sites for hydroxylation is 2. The fraction of sp³-hybridized carbons (Fsp3) is 0.286. The van der Waals surface area contributed by atoms with E-state index in [1.807, 2.05) is 0 Å². The Kier molecular flexibility index (Phi) is 3.30. The van der Waals surface area contributed by atoms with Gasteiger partial charge in [-0.2, -0.15) is 0 Å². The molecule has 0 bridgehead atoms. The highest BCUT2D eigenvalue weighted by molar-refractivity contribution is 5.17. The van der Waals surface area contributed by atoms with Gasteiger partial charge in [0.2, 0.25) is 0 Å². The van der Waals surface area contributed by atoms with Crippen molar-refractivity contribution >= 4 is 0 Å². The first-order chi connectivity index (χ1) is 7.77. The summed E-state index contributed by atoms with van der Waals surface area (Å²) in [4.78, 5) is 0. The van der Waals surface area contributed by atoms with Crippen molar-refractivity contribution in [2.45, 2.75) is 20.3 Å². The molecule has 0 unspecified atom stereocenters. The summed E-state index contributed by atoms with van der Waals surface area (Å²) in [7, 11) is 0. The number of benzene rings is 1. The molecule has 2 rings (SSSR count). The molecule has 2 nitrogen and oxygen atoms in total. The Morgan fingerprint density at radius 3 is 2.19 bits per heavy atom. The van der Waals surface area contributed by atoms with Gasteiger partial charge in [0, 0.05) is 17.9 Å². The predicted octanol–water partition coefficient (Wildman–Crippen LogP) is 2.89. The van der Waals surface area contributed by atoms with Gasteiger partial charge in [0.05, 0.1) is 0 Å². The van der Waals surface area contributed by atoms with Crippen LogP contribution in [0.25, 0.3) is 0 Å². The maximum Gasteiger partial charge on any atom is 0.0366 e. The number of rotatable bonds is 4. The lowest BCUT2D eigenvalue weighted by Crippen LogP contribution is -2.19. The fourth-order valence-electron chi connectivity index (χ4n) is 1.87. The summed E-state index contributed by atoms with van der Waals surface area (Å²) in [5.74, 6) is 0. The number of nitrogens with one attached hydrogen (secondary N) is 1. The van der Waals surface area contributed by atoms with E-state index in [9.17, 15) is 0 Å². The third-order valence-electron chi connectivity index (χ3n) is 2.80. The van der Waals surface area contributed by atoms with Gasteiger partial charge in [0.1, 0.15) is 0 Å². The predicted molar refractivity (Wildman–Crippen MR) is 68.3 cm³/mol. The van der Waals surface area contributed by atoms with Crippen LogP contribution in [0, 0.1) is 13.8 Å². The van der Waals surface area contributed by atoms with Crippen molar-refractivity contribution in [3.8, 4) is 0 Å². The Hall–Kier alpha value is -1.70. The maximum absolute atomic E-state index is 3.43. The van der Waals surface area contributed by atoms with Crippen LogP contribution in [0.1, 0.15) is 17.0 Å². The van der Waals surface area contributed by atoms with Gasteiger partial charge in [-0.15, -0.1) is 0 Å². The largest absolute Gasteiger partial charge is 0.326 e. The van der Waals surface area contributed by atoms with Crippen molar-refractivity contribution in [2.75, 3.05) is 12.0 Å². The minimum absolute atomic E-state index is 0.959. The Bertz CT molecular complexity index is 424. The summed E-state index contributed by atoms with van der Waals surface area (Å²) < 4.78 is 2.14. The molecule has 0 aliphatic rings. The summed E-state index contributed by atoms with van der Waals surface area (Å²) in [5, 5.41) is 0. The zero-order valence-corrected chi connectivity index (χ0v) is 9.90. The number of hydrogen-bond acceptors (Lipinski definition) is 1. The molecule has 1 heterocycles. The zero-order valence-electron chi connectivity index (χ0n) is 9.90. The van der Waals surface area contributed by atoms with Gasteiger partial charge in [-0.1, -0.05) is 30.3 Å².